The molecule has 2 heterocycles. The van der Waals surface area contributed by atoms with Gasteiger partial charge in [-0.2, -0.15) is 0 Å². The molecule has 1 aromatic heterocycles. The van der Waals surface area contributed by atoms with Gasteiger partial charge >= 0.3 is 0 Å². The van der Waals surface area contributed by atoms with Crippen LogP contribution in [0.1, 0.15) is 64.9 Å². The summed E-state index contributed by atoms with van der Waals surface area (Å²) in [5.74, 6) is 1.42. The summed E-state index contributed by atoms with van der Waals surface area (Å²) in [5.41, 5.74) is 3.15. The first-order chi connectivity index (χ1) is 13.7. The number of H-pyrrole nitrogens is 1. The molecule has 0 saturated carbocycles. The lowest BCUT2D eigenvalue weighted by Gasteiger charge is -2.42. The molecule has 3 aliphatic rings. The molecule has 4 nitrogen and oxygen atoms in total. The maximum atomic E-state index is 13.3. The molecule has 0 amide bonds. The fourth-order valence-corrected chi connectivity index (χ4v) is 5.32. The molecule has 1 aliphatic heterocycles. The summed E-state index contributed by atoms with van der Waals surface area (Å²) in [6.07, 6.45) is 4.37. The second kappa shape index (κ2) is 5.94. The fraction of sp³-hybridized carbons (Fsp3) is 0.440. The lowest BCUT2D eigenvalue weighted by molar-refractivity contribution is -0.120. The van der Waals surface area contributed by atoms with Crippen LogP contribution in [0.2, 0.25) is 0 Å². The predicted octanol–water partition coefficient (Wildman–Crippen LogP) is 5.57. The molecular formula is C25H27NO3. The Balaban J connectivity index is 1.76. The highest BCUT2D eigenvalue weighted by molar-refractivity contribution is 6.07. The zero-order valence-electron chi connectivity index (χ0n) is 17.5. The number of allylic oxidation sites excluding steroid dienone is 4. The molecule has 0 fully saturated rings. The molecular weight excluding hydrogens is 362 g/mol. The second-order valence-electron chi connectivity index (χ2n) is 10.4. The number of ether oxygens (including phenoxy) is 1. The lowest BCUT2D eigenvalue weighted by Crippen LogP contribution is -2.37. The third-order valence-corrected chi connectivity index (χ3v) is 6.51. The number of para-hydroxylation sites is 1. The molecule has 0 bridgehead atoms. The predicted molar refractivity (Wildman–Crippen MR) is 112 cm³/mol. The highest BCUT2D eigenvalue weighted by atomic mass is 16.5. The maximum absolute atomic E-state index is 13.3. The van der Waals surface area contributed by atoms with E-state index in [1.807, 2.05) is 24.4 Å². The average Bonchev–Trinajstić information content (AvgIpc) is 3.01. The van der Waals surface area contributed by atoms with Crippen molar-refractivity contribution >= 4 is 22.5 Å². The largest absolute Gasteiger partial charge is 0.465 e. The van der Waals surface area contributed by atoms with Gasteiger partial charge in [-0.05, 0) is 22.5 Å². The van der Waals surface area contributed by atoms with Crippen LogP contribution in [-0.4, -0.2) is 16.6 Å². The van der Waals surface area contributed by atoms with E-state index in [4.69, 9.17) is 4.74 Å². The minimum absolute atomic E-state index is 0.107. The molecule has 0 unspecified atom stereocenters. The Kier molecular flexibility index (Phi) is 3.77. The van der Waals surface area contributed by atoms with Crippen molar-refractivity contribution in [2.24, 2.45) is 10.8 Å². The molecule has 1 N–H and O–H groups in total. The average molecular weight is 389 g/mol. The van der Waals surface area contributed by atoms with Crippen LogP contribution >= 0.6 is 0 Å². The van der Waals surface area contributed by atoms with E-state index in [-0.39, 0.29) is 28.3 Å². The van der Waals surface area contributed by atoms with Crippen LogP contribution in [-0.2, 0) is 14.3 Å². The Labute approximate surface area is 171 Å². The topological polar surface area (TPSA) is 59.2 Å². The molecule has 1 aromatic carbocycles. The van der Waals surface area contributed by atoms with Crippen molar-refractivity contribution in [3.8, 4) is 0 Å². The maximum Gasteiger partial charge on any atom is 0.163 e. The van der Waals surface area contributed by atoms with Gasteiger partial charge in [-0.1, -0.05) is 45.9 Å². The minimum Gasteiger partial charge on any atom is -0.465 e. The van der Waals surface area contributed by atoms with Gasteiger partial charge in [-0.25, -0.2) is 0 Å². The highest BCUT2D eigenvalue weighted by Crippen LogP contribution is 2.53. The summed E-state index contributed by atoms with van der Waals surface area (Å²) < 4.78 is 6.35. The zero-order valence-corrected chi connectivity index (χ0v) is 17.5. The molecule has 29 heavy (non-hydrogen) atoms. The van der Waals surface area contributed by atoms with E-state index in [1.54, 1.807) is 0 Å². The first kappa shape index (κ1) is 18.4. The van der Waals surface area contributed by atoms with Gasteiger partial charge in [0.25, 0.3) is 0 Å². The molecule has 2 aromatic rings. The molecule has 150 valence electrons. The van der Waals surface area contributed by atoms with Crippen LogP contribution in [0.5, 0.6) is 0 Å². The summed E-state index contributed by atoms with van der Waals surface area (Å²) in [4.78, 5) is 30.0. The van der Waals surface area contributed by atoms with E-state index >= 15 is 0 Å². The Hall–Kier alpha value is -2.62. The van der Waals surface area contributed by atoms with E-state index in [2.05, 4.69) is 38.7 Å². The monoisotopic (exact) mass is 389 g/mol. The van der Waals surface area contributed by atoms with Gasteiger partial charge in [0, 0.05) is 59.8 Å². The molecule has 0 atom stereocenters. The van der Waals surface area contributed by atoms with Gasteiger partial charge in [0.2, 0.25) is 0 Å². The van der Waals surface area contributed by atoms with Crippen LogP contribution in [0.25, 0.3) is 10.9 Å². The number of fused-ring (bicyclic) bond motifs is 1. The number of aromatic nitrogens is 1. The van der Waals surface area contributed by atoms with E-state index in [0.29, 0.717) is 24.0 Å². The Morgan fingerprint density at radius 1 is 0.862 bits per heavy atom. The number of carbonyl (C=O) groups is 2. The van der Waals surface area contributed by atoms with Crippen LogP contribution in [0.15, 0.2) is 53.1 Å². The SMILES string of the molecule is CC1(C)CC(=O)C2=C(C1)OC1=C(C(=O)CC(C)(C)C1)C2c1c[nH]c2ccccc12. The van der Waals surface area contributed by atoms with E-state index < -0.39 is 0 Å². The second-order valence-corrected chi connectivity index (χ2v) is 10.4. The fourth-order valence-electron chi connectivity index (χ4n) is 5.32. The number of hydrogen-bond acceptors (Lipinski definition) is 3. The third-order valence-electron chi connectivity index (χ3n) is 6.51. The van der Waals surface area contributed by atoms with Gasteiger partial charge < -0.3 is 9.72 Å². The normalized spacial score (nSPS) is 23.9. The van der Waals surface area contributed by atoms with Gasteiger partial charge in [-0.3, -0.25) is 9.59 Å². The quantitative estimate of drug-likeness (QED) is 0.694. The smallest absolute Gasteiger partial charge is 0.163 e. The first-order valence-electron chi connectivity index (χ1n) is 10.4. The molecule has 0 spiro atoms. The van der Waals surface area contributed by atoms with Crippen LogP contribution in [0.4, 0.5) is 0 Å². The summed E-state index contributed by atoms with van der Waals surface area (Å²) in [7, 11) is 0. The van der Waals surface area contributed by atoms with Crippen LogP contribution < -0.4 is 0 Å². The van der Waals surface area contributed by atoms with E-state index in [0.717, 1.165) is 40.8 Å². The van der Waals surface area contributed by atoms with Crippen LogP contribution in [0, 0.1) is 10.8 Å². The number of ketones is 2. The molecule has 2 aliphatic carbocycles. The van der Waals surface area contributed by atoms with Gasteiger partial charge in [0.1, 0.15) is 11.5 Å². The highest BCUT2D eigenvalue weighted by Gasteiger charge is 2.48. The van der Waals surface area contributed by atoms with Crippen molar-refractivity contribution in [3.63, 3.8) is 0 Å². The van der Waals surface area contributed by atoms with E-state index in [9.17, 15) is 9.59 Å². The van der Waals surface area contributed by atoms with Crippen molar-refractivity contribution in [1.29, 1.82) is 0 Å². The zero-order chi connectivity index (χ0) is 20.6. The summed E-state index contributed by atoms with van der Waals surface area (Å²) >= 11 is 0. The number of Topliss-reactive ketones (excluding diaryl/α,β-unsaturated/α-hetero) is 2. The summed E-state index contributed by atoms with van der Waals surface area (Å²) in [5, 5.41) is 1.06. The van der Waals surface area contributed by atoms with Crippen molar-refractivity contribution in [2.75, 3.05) is 0 Å². The molecule has 4 heteroatoms. The number of benzene rings is 1. The van der Waals surface area contributed by atoms with Crippen molar-refractivity contribution in [3.05, 3.63) is 58.7 Å². The molecule has 0 saturated heterocycles. The Morgan fingerprint density at radius 2 is 1.41 bits per heavy atom. The number of hydrogen-bond donors (Lipinski definition) is 1. The molecule has 0 radical (unpaired) electrons. The third kappa shape index (κ3) is 2.88. The number of nitrogens with one attached hydrogen (secondary N) is 1. The Bertz CT molecular complexity index is 1070. The van der Waals surface area contributed by atoms with Crippen molar-refractivity contribution in [2.45, 2.75) is 59.3 Å². The van der Waals surface area contributed by atoms with Crippen molar-refractivity contribution < 1.29 is 14.3 Å². The molecule has 5 rings (SSSR count). The van der Waals surface area contributed by atoms with Crippen molar-refractivity contribution in [1.82, 2.24) is 4.98 Å². The summed E-state index contributed by atoms with van der Waals surface area (Å²) in [6.45, 7) is 8.44. The lowest BCUT2D eigenvalue weighted by atomic mass is 9.65. The first-order valence-corrected chi connectivity index (χ1v) is 10.4. The van der Waals surface area contributed by atoms with Gasteiger partial charge in [0.05, 0.1) is 0 Å². The number of rotatable bonds is 1. The van der Waals surface area contributed by atoms with Gasteiger partial charge in [-0.15, -0.1) is 0 Å². The van der Waals surface area contributed by atoms with Gasteiger partial charge in [0.15, 0.2) is 11.6 Å². The minimum atomic E-state index is -0.336. The van der Waals surface area contributed by atoms with E-state index in [1.165, 1.54) is 0 Å². The number of aromatic amines is 1. The van der Waals surface area contributed by atoms with Crippen LogP contribution in [0.3, 0.4) is 0 Å². The standard InChI is InChI=1S/C25H27NO3/c1-24(2)9-17(27)22-19(11-24)29-20-12-25(3,4)10-18(28)23(20)21(22)15-13-26-16-8-6-5-7-14(15)16/h5-8,13,21,26H,9-12H2,1-4H3. The Morgan fingerprint density at radius 3 is 2.00 bits per heavy atom. The summed E-state index contributed by atoms with van der Waals surface area (Å²) in [6, 6.07) is 8.08. The number of carbonyl (C=O) groups excluding carboxylic acids is 2.